The highest BCUT2D eigenvalue weighted by atomic mass is 35.5. The highest BCUT2D eigenvalue weighted by Gasteiger charge is 2.16. The molecular weight excluding hydrogens is 241 g/mol. The summed E-state index contributed by atoms with van der Waals surface area (Å²) in [5.74, 6) is -0.271. The van der Waals surface area contributed by atoms with Crippen LogP contribution < -0.4 is 5.32 Å². The quantitative estimate of drug-likeness (QED) is 0.896. The van der Waals surface area contributed by atoms with E-state index in [0.29, 0.717) is 16.6 Å². The van der Waals surface area contributed by atoms with Crippen LogP contribution in [0.25, 0.3) is 0 Å². The molecule has 4 heteroatoms. The molecule has 0 aliphatic carbocycles. The van der Waals surface area contributed by atoms with E-state index in [9.17, 15) is 4.39 Å². The van der Waals surface area contributed by atoms with Crippen LogP contribution in [0.4, 0.5) is 4.39 Å². The van der Waals surface area contributed by atoms with Crippen molar-refractivity contribution in [3.63, 3.8) is 0 Å². The number of hydrogen-bond acceptors (Lipinski definition) is 2. The zero-order valence-corrected chi connectivity index (χ0v) is 10.7. The molecule has 1 saturated heterocycles. The molecule has 2 nitrogen and oxygen atoms in total. The van der Waals surface area contributed by atoms with Gasteiger partial charge in [0.1, 0.15) is 5.82 Å². The van der Waals surface area contributed by atoms with Crippen molar-refractivity contribution in [3.05, 3.63) is 34.1 Å². The molecule has 1 atom stereocenters. The van der Waals surface area contributed by atoms with Crippen LogP contribution in [0, 0.1) is 5.82 Å². The van der Waals surface area contributed by atoms with E-state index in [0.717, 1.165) is 24.9 Å². The minimum atomic E-state index is -0.271. The standard InChI is InChI=1S/C13H17ClFNO/c1-17-8-11-12(14)6-9(7-13(11)15)5-10-3-2-4-16-10/h6-7,10,16H,2-5,8H2,1H3. The first kappa shape index (κ1) is 12.8. The second kappa shape index (κ2) is 5.80. The molecular formula is C13H17ClFNO. The molecule has 17 heavy (non-hydrogen) atoms. The molecule has 0 bridgehead atoms. The highest BCUT2D eigenvalue weighted by Crippen LogP contribution is 2.24. The van der Waals surface area contributed by atoms with Crippen molar-refractivity contribution in [3.8, 4) is 0 Å². The van der Waals surface area contributed by atoms with Gasteiger partial charge >= 0.3 is 0 Å². The SMILES string of the molecule is COCc1c(F)cc(CC2CCCN2)cc1Cl. The van der Waals surface area contributed by atoms with Crippen LogP contribution in [-0.2, 0) is 17.8 Å². The van der Waals surface area contributed by atoms with Crippen molar-refractivity contribution in [2.75, 3.05) is 13.7 Å². The third kappa shape index (κ3) is 3.18. The Morgan fingerprint density at radius 2 is 2.35 bits per heavy atom. The largest absolute Gasteiger partial charge is 0.380 e. The summed E-state index contributed by atoms with van der Waals surface area (Å²) < 4.78 is 18.7. The van der Waals surface area contributed by atoms with Gasteiger partial charge in [0.05, 0.1) is 6.61 Å². The summed E-state index contributed by atoms with van der Waals surface area (Å²) >= 11 is 6.06. The third-order valence-electron chi connectivity index (χ3n) is 3.13. The molecule has 0 spiro atoms. The van der Waals surface area contributed by atoms with Gasteiger partial charge in [-0.15, -0.1) is 0 Å². The maximum Gasteiger partial charge on any atom is 0.130 e. The fourth-order valence-electron chi connectivity index (χ4n) is 2.27. The first-order chi connectivity index (χ1) is 8.20. The first-order valence-corrected chi connectivity index (χ1v) is 6.27. The molecule has 1 aliphatic heterocycles. The van der Waals surface area contributed by atoms with Crippen molar-refractivity contribution in [1.82, 2.24) is 5.32 Å². The van der Waals surface area contributed by atoms with Crippen molar-refractivity contribution < 1.29 is 9.13 Å². The molecule has 94 valence electrons. The third-order valence-corrected chi connectivity index (χ3v) is 3.47. The number of methoxy groups -OCH3 is 1. The molecule has 2 rings (SSSR count). The van der Waals surface area contributed by atoms with Crippen LogP contribution >= 0.6 is 11.6 Å². The van der Waals surface area contributed by atoms with Crippen LogP contribution in [0.2, 0.25) is 5.02 Å². The second-order valence-corrected chi connectivity index (χ2v) is 4.88. The molecule has 1 heterocycles. The van der Waals surface area contributed by atoms with E-state index in [1.165, 1.54) is 13.5 Å². The van der Waals surface area contributed by atoms with Gasteiger partial charge in [-0.3, -0.25) is 0 Å². The van der Waals surface area contributed by atoms with Crippen LogP contribution in [0.3, 0.4) is 0 Å². The van der Waals surface area contributed by atoms with Gasteiger partial charge in [-0.05, 0) is 43.5 Å². The Morgan fingerprint density at radius 3 is 2.94 bits per heavy atom. The molecule has 1 fully saturated rings. The Bertz CT molecular complexity index is 368. The summed E-state index contributed by atoms with van der Waals surface area (Å²) in [6.45, 7) is 1.27. The average Bonchev–Trinajstić information content (AvgIpc) is 2.76. The molecule has 1 aromatic rings. The van der Waals surface area contributed by atoms with Crippen LogP contribution in [0.5, 0.6) is 0 Å². The predicted molar refractivity (Wildman–Crippen MR) is 66.9 cm³/mol. The Labute approximate surface area is 106 Å². The Morgan fingerprint density at radius 1 is 1.53 bits per heavy atom. The molecule has 1 unspecified atom stereocenters. The molecule has 0 radical (unpaired) electrons. The summed E-state index contributed by atoms with van der Waals surface area (Å²) in [7, 11) is 1.53. The minimum Gasteiger partial charge on any atom is -0.380 e. The van der Waals surface area contributed by atoms with Crippen molar-refractivity contribution in [1.29, 1.82) is 0 Å². The second-order valence-electron chi connectivity index (χ2n) is 4.47. The maximum absolute atomic E-state index is 13.8. The molecule has 1 aliphatic rings. The van der Waals surface area contributed by atoms with Crippen molar-refractivity contribution in [2.45, 2.75) is 31.9 Å². The van der Waals surface area contributed by atoms with Crippen LogP contribution in [0.1, 0.15) is 24.0 Å². The first-order valence-electron chi connectivity index (χ1n) is 5.90. The fourth-order valence-corrected chi connectivity index (χ4v) is 2.56. The molecule has 1 N–H and O–H groups in total. The van der Waals surface area contributed by atoms with Gasteiger partial charge in [0.15, 0.2) is 0 Å². The molecule has 0 amide bonds. The summed E-state index contributed by atoms with van der Waals surface area (Å²) in [5, 5.41) is 3.85. The molecule has 0 saturated carbocycles. The van der Waals surface area contributed by atoms with Crippen LogP contribution in [-0.4, -0.2) is 19.7 Å². The van der Waals surface area contributed by atoms with Gasteiger partial charge in [0, 0.05) is 23.7 Å². The topological polar surface area (TPSA) is 21.3 Å². The monoisotopic (exact) mass is 257 g/mol. The van der Waals surface area contributed by atoms with E-state index in [1.54, 1.807) is 6.07 Å². The number of benzene rings is 1. The van der Waals surface area contributed by atoms with Crippen LogP contribution in [0.15, 0.2) is 12.1 Å². The van der Waals surface area contributed by atoms with E-state index < -0.39 is 0 Å². The lowest BCUT2D eigenvalue weighted by Crippen LogP contribution is -2.23. The smallest absolute Gasteiger partial charge is 0.130 e. The van der Waals surface area contributed by atoms with Crippen molar-refractivity contribution >= 4 is 11.6 Å². The number of nitrogens with one attached hydrogen (secondary N) is 1. The fraction of sp³-hybridized carbons (Fsp3) is 0.538. The van der Waals surface area contributed by atoms with Gasteiger partial charge in [-0.25, -0.2) is 4.39 Å². The number of rotatable bonds is 4. The normalized spacial score (nSPS) is 19.8. The Balaban J connectivity index is 2.13. The van der Waals surface area contributed by atoms with Gasteiger partial charge in [-0.2, -0.15) is 0 Å². The molecule has 1 aromatic carbocycles. The van der Waals surface area contributed by atoms with Gasteiger partial charge in [0.25, 0.3) is 0 Å². The maximum atomic E-state index is 13.8. The van der Waals surface area contributed by atoms with E-state index >= 15 is 0 Å². The summed E-state index contributed by atoms with van der Waals surface area (Å²) in [4.78, 5) is 0. The highest BCUT2D eigenvalue weighted by molar-refractivity contribution is 6.31. The number of ether oxygens (including phenoxy) is 1. The number of halogens is 2. The number of hydrogen-bond donors (Lipinski definition) is 1. The predicted octanol–water partition coefficient (Wildman–Crippen LogP) is 2.92. The van der Waals surface area contributed by atoms with Gasteiger partial charge in [0.2, 0.25) is 0 Å². The lowest BCUT2D eigenvalue weighted by molar-refractivity contribution is 0.181. The summed E-state index contributed by atoms with van der Waals surface area (Å²) in [5.41, 5.74) is 1.39. The average molecular weight is 258 g/mol. The lowest BCUT2D eigenvalue weighted by Gasteiger charge is -2.12. The van der Waals surface area contributed by atoms with E-state index in [-0.39, 0.29) is 12.4 Å². The van der Waals surface area contributed by atoms with E-state index in [2.05, 4.69) is 5.32 Å². The lowest BCUT2D eigenvalue weighted by atomic mass is 10.0. The van der Waals surface area contributed by atoms with Gasteiger partial charge in [-0.1, -0.05) is 11.6 Å². The molecule has 0 aromatic heterocycles. The Kier molecular flexibility index (Phi) is 4.37. The zero-order chi connectivity index (χ0) is 12.3. The Hall–Kier alpha value is -0.640. The van der Waals surface area contributed by atoms with Crippen molar-refractivity contribution in [2.24, 2.45) is 0 Å². The zero-order valence-electron chi connectivity index (χ0n) is 9.93. The van der Waals surface area contributed by atoms with E-state index in [1.807, 2.05) is 6.07 Å². The van der Waals surface area contributed by atoms with Gasteiger partial charge < -0.3 is 10.1 Å². The minimum absolute atomic E-state index is 0.215. The van der Waals surface area contributed by atoms with E-state index in [4.69, 9.17) is 16.3 Å². The summed E-state index contributed by atoms with van der Waals surface area (Å²) in [6.07, 6.45) is 3.19. The summed E-state index contributed by atoms with van der Waals surface area (Å²) in [6, 6.07) is 3.87.